The van der Waals surface area contributed by atoms with Crippen LogP contribution in [0.3, 0.4) is 0 Å². The smallest absolute Gasteiger partial charge is 0.416 e. The van der Waals surface area contributed by atoms with Gasteiger partial charge in [-0.25, -0.2) is 4.79 Å². The molecule has 166 valence electrons. The van der Waals surface area contributed by atoms with Crippen molar-refractivity contribution in [1.29, 1.82) is 0 Å². The van der Waals surface area contributed by atoms with E-state index in [1.54, 1.807) is 43.3 Å². The van der Waals surface area contributed by atoms with Crippen molar-refractivity contribution in [3.05, 3.63) is 94.6 Å². The molecule has 3 aromatic rings. The summed E-state index contributed by atoms with van der Waals surface area (Å²) in [5.74, 6) is 0.199. The van der Waals surface area contributed by atoms with Crippen LogP contribution in [0, 0.1) is 13.8 Å². The molecule has 0 aliphatic rings. The molecule has 0 aromatic heterocycles. The third kappa shape index (κ3) is 6.14. The van der Waals surface area contributed by atoms with Gasteiger partial charge in [-0.15, -0.1) is 0 Å². The van der Waals surface area contributed by atoms with Crippen LogP contribution in [0.5, 0.6) is 17.2 Å². The van der Waals surface area contributed by atoms with Crippen molar-refractivity contribution in [2.24, 2.45) is 0 Å². The molecule has 0 aliphatic carbocycles. The number of hydrogen-bond acceptors (Lipinski definition) is 3. The lowest BCUT2D eigenvalue weighted by atomic mass is 10.1. The van der Waals surface area contributed by atoms with E-state index in [0.29, 0.717) is 22.8 Å². The van der Waals surface area contributed by atoms with E-state index in [1.807, 2.05) is 13.0 Å². The second kappa shape index (κ2) is 9.60. The topological polar surface area (TPSA) is 55.8 Å². The van der Waals surface area contributed by atoms with Gasteiger partial charge in [-0.05, 0) is 79.1 Å². The van der Waals surface area contributed by atoms with Crippen LogP contribution in [0.25, 0.3) is 6.08 Å². The number of carbonyl (C=O) groups is 1. The summed E-state index contributed by atoms with van der Waals surface area (Å²) in [5.41, 5.74) is 1.72. The summed E-state index contributed by atoms with van der Waals surface area (Å²) in [7, 11) is 0. The Kier molecular flexibility index (Phi) is 6.88. The Balaban J connectivity index is 1.71. The Labute approximate surface area is 183 Å². The molecule has 0 radical (unpaired) electrons. The first-order chi connectivity index (χ1) is 15.1. The van der Waals surface area contributed by atoms with Crippen molar-refractivity contribution in [3.8, 4) is 17.2 Å². The quantitative estimate of drug-likeness (QED) is 0.432. The van der Waals surface area contributed by atoms with E-state index in [4.69, 9.17) is 9.47 Å². The summed E-state index contributed by atoms with van der Waals surface area (Å²) in [6.45, 7) is 3.83. The Morgan fingerprint density at radius 2 is 1.66 bits per heavy atom. The molecule has 0 saturated heterocycles. The summed E-state index contributed by atoms with van der Waals surface area (Å²) in [6.07, 6.45) is -1.02. The first kappa shape index (κ1) is 22.9. The molecule has 0 bridgehead atoms. The largest absolute Gasteiger partial charge is 0.486 e. The minimum Gasteiger partial charge on any atom is -0.486 e. The Bertz CT molecular complexity index is 1130. The van der Waals surface area contributed by atoms with Gasteiger partial charge in [-0.1, -0.05) is 24.3 Å². The number of benzene rings is 3. The van der Waals surface area contributed by atoms with Crippen LogP contribution in [0.1, 0.15) is 32.6 Å². The normalized spacial score (nSPS) is 11.5. The van der Waals surface area contributed by atoms with Crippen molar-refractivity contribution in [2.75, 3.05) is 6.61 Å². The highest BCUT2D eigenvalue weighted by Crippen LogP contribution is 2.33. The third-order valence-corrected chi connectivity index (χ3v) is 4.51. The van der Waals surface area contributed by atoms with Crippen molar-refractivity contribution < 1.29 is 32.5 Å². The fraction of sp³-hybridized carbons (Fsp3) is 0.160. The van der Waals surface area contributed by atoms with E-state index >= 15 is 0 Å². The lowest BCUT2D eigenvalue weighted by molar-refractivity contribution is -0.137. The van der Waals surface area contributed by atoms with Gasteiger partial charge in [0, 0.05) is 0 Å². The number of carboxylic acids is 1. The molecule has 0 spiro atoms. The zero-order valence-corrected chi connectivity index (χ0v) is 17.4. The molecule has 0 amide bonds. The van der Waals surface area contributed by atoms with Gasteiger partial charge >= 0.3 is 12.1 Å². The number of ether oxygens (including phenoxy) is 2. The zero-order chi connectivity index (χ0) is 23.3. The molecule has 0 saturated carbocycles. The van der Waals surface area contributed by atoms with Gasteiger partial charge in [-0.2, -0.15) is 13.2 Å². The molecule has 0 aliphatic heterocycles. The molecule has 0 atom stereocenters. The molecule has 0 fully saturated rings. The predicted molar refractivity (Wildman–Crippen MR) is 115 cm³/mol. The maximum atomic E-state index is 12.6. The fourth-order valence-corrected chi connectivity index (χ4v) is 2.98. The van der Waals surface area contributed by atoms with E-state index in [0.717, 1.165) is 23.3 Å². The molecule has 3 rings (SSSR count). The Hall–Kier alpha value is -3.74. The molecule has 0 unspecified atom stereocenters. The van der Waals surface area contributed by atoms with E-state index in [2.05, 4.69) is 0 Å². The highest BCUT2D eigenvalue weighted by molar-refractivity contribution is 5.88. The van der Waals surface area contributed by atoms with Crippen molar-refractivity contribution in [3.63, 3.8) is 0 Å². The fourth-order valence-electron chi connectivity index (χ4n) is 2.98. The molecule has 7 heteroatoms. The molecular weight excluding hydrogens is 421 g/mol. The van der Waals surface area contributed by atoms with Crippen LogP contribution >= 0.6 is 0 Å². The lowest BCUT2D eigenvalue weighted by Gasteiger charge is -2.13. The minimum atomic E-state index is -4.37. The van der Waals surface area contributed by atoms with Crippen molar-refractivity contribution in [1.82, 2.24) is 0 Å². The monoisotopic (exact) mass is 442 g/mol. The number of hydrogen-bond donors (Lipinski definition) is 1. The lowest BCUT2D eigenvalue weighted by Crippen LogP contribution is -2.04. The first-order valence-corrected chi connectivity index (χ1v) is 9.72. The number of halogens is 3. The maximum Gasteiger partial charge on any atom is 0.416 e. The maximum absolute atomic E-state index is 12.6. The number of aryl methyl sites for hydroxylation is 2. The molecule has 3 aromatic carbocycles. The molecule has 0 heterocycles. The van der Waals surface area contributed by atoms with Crippen LogP contribution in [0.15, 0.2) is 66.7 Å². The highest BCUT2D eigenvalue weighted by Gasteiger charge is 2.29. The minimum absolute atomic E-state index is 0.119. The van der Waals surface area contributed by atoms with Crippen LogP contribution < -0.4 is 9.47 Å². The summed E-state index contributed by atoms with van der Waals surface area (Å²) in [4.78, 5) is 11.3. The molecule has 4 nitrogen and oxygen atoms in total. The van der Waals surface area contributed by atoms with Crippen molar-refractivity contribution >= 4 is 12.0 Å². The third-order valence-electron chi connectivity index (χ3n) is 4.51. The van der Waals surface area contributed by atoms with E-state index < -0.39 is 17.7 Å². The van der Waals surface area contributed by atoms with E-state index in [-0.39, 0.29) is 12.2 Å². The molecular formula is C25H21F3O4. The summed E-state index contributed by atoms with van der Waals surface area (Å²) in [5, 5.41) is 9.24. The van der Waals surface area contributed by atoms with E-state index in [1.165, 1.54) is 18.2 Å². The van der Waals surface area contributed by atoms with Gasteiger partial charge in [-0.3, -0.25) is 0 Å². The summed E-state index contributed by atoms with van der Waals surface area (Å²) in [6, 6.07) is 14.9. The number of alkyl halides is 3. The van der Waals surface area contributed by atoms with Crippen LogP contribution in [0.2, 0.25) is 0 Å². The van der Waals surface area contributed by atoms with Gasteiger partial charge in [0.25, 0.3) is 0 Å². The van der Waals surface area contributed by atoms with Gasteiger partial charge in [0.15, 0.2) is 11.5 Å². The zero-order valence-electron chi connectivity index (χ0n) is 17.4. The Morgan fingerprint density at radius 3 is 2.31 bits per heavy atom. The van der Waals surface area contributed by atoms with Crippen LogP contribution in [-0.2, 0) is 6.18 Å². The summed E-state index contributed by atoms with van der Waals surface area (Å²) < 4.78 is 49.6. The number of rotatable bonds is 7. The van der Waals surface area contributed by atoms with Gasteiger partial charge < -0.3 is 14.6 Å². The standard InChI is InChI=1S/C25H21F3O4/c1-16-5-10-22(32-21-13-17(2)12-19(15-21)24(29)30)23(14-16)31-11-3-4-18-6-8-20(9-7-18)25(26,27)28/h3-10,12-15H,11H2,1-2H3,(H,29,30). The van der Waals surface area contributed by atoms with Crippen molar-refractivity contribution in [2.45, 2.75) is 20.0 Å². The Morgan fingerprint density at radius 1 is 0.938 bits per heavy atom. The van der Waals surface area contributed by atoms with Gasteiger partial charge in [0.1, 0.15) is 12.4 Å². The average Bonchev–Trinajstić information content (AvgIpc) is 2.72. The van der Waals surface area contributed by atoms with Crippen LogP contribution in [0.4, 0.5) is 13.2 Å². The first-order valence-electron chi connectivity index (χ1n) is 9.72. The molecule has 32 heavy (non-hydrogen) atoms. The van der Waals surface area contributed by atoms with Gasteiger partial charge in [0.05, 0.1) is 11.1 Å². The highest BCUT2D eigenvalue weighted by atomic mass is 19.4. The van der Waals surface area contributed by atoms with Gasteiger partial charge in [0.2, 0.25) is 0 Å². The number of aromatic carboxylic acids is 1. The van der Waals surface area contributed by atoms with Crippen LogP contribution in [-0.4, -0.2) is 17.7 Å². The second-order valence-electron chi connectivity index (χ2n) is 7.23. The SMILES string of the molecule is Cc1cc(Oc2ccc(C)cc2OCC=Cc2ccc(C(F)(F)F)cc2)cc(C(=O)O)c1. The average molecular weight is 442 g/mol. The second-order valence-corrected chi connectivity index (χ2v) is 7.23. The number of carboxylic acid groups (broad SMARTS) is 1. The summed E-state index contributed by atoms with van der Waals surface area (Å²) >= 11 is 0. The predicted octanol–water partition coefficient (Wildman–Crippen LogP) is 6.90. The van der Waals surface area contributed by atoms with E-state index in [9.17, 15) is 23.1 Å². The molecule has 1 N–H and O–H groups in total.